The van der Waals surface area contributed by atoms with Crippen LogP contribution in [0.2, 0.25) is 0 Å². The lowest BCUT2D eigenvalue weighted by Gasteiger charge is -2.14. The van der Waals surface area contributed by atoms with Crippen molar-refractivity contribution in [3.05, 3.63) is 41.6 Å². The molecule has 0 radical (unpaired) electrons. The molecule has 0 heterocycles. The second kappa shape index (κ2) is 11.4. The van der Waals surface area contributed by atoms with Gasteiger partial charge in [-0.1, -0.05) is 0 Å². The Hall–Kier alpha value is -3.24. The monoisotopic (exact) mass is 379 g/mol. The van der Waals surface area contributed by atoms with E-state index in [0.29, 0.717) is 12.1 Å². The minimum atomic E-state index is -0.926. The summed E-state index contributed by atoms with van der Waals surface area (Å²) >= 11 is 0. The topological polar surface area (TPSA) is 132 Å². The van der Waals surface area contributed by atoms with Gasteiger partial charge >= 0.3 is 5.97 Å². The Kier molecular flexibility index (Phi) is 9.20. The summed E-state index contributed by atoms with van der Waals surface area (Å²) in [5.74, 6) is -2.26. The first-order chi connectivity index (χ1) is 13.0. The highest BCUT2D eigenvalue weighted by atomic mass is 16.7. The lowest BCUT2D eigenvalue weighted by atomic mass is 10.2. The molecular weight excluding hydrogens is 358 g/mol. The summed E-state index contributed by atoms with van der Waals surface area (Å²) < 4.78 is 14.4. The van der Waals surface area contributed by atoms with Crippen LogP contribution >= 0.6 is 0 Å². The van der Waals surface area contributed by atoms with E-state index in [0.717, 1.165) is 13.3 Å². The third-order valence-corrected chi connectivity index (χ3v) is 3.33. The molecule has 1 aromatic rings. The number of anilines is 1. The normalized spacial score (nSPS) is 10.9. The van der Waals surface area contributed by atoms with E-state index in [-0.39, 0.29) is 12.1 Å². The van der Waals surface area contributed by atoms with Crippen molar-refractivity contribution < 1.29 is 33.4 Å². The van der Waals surface area contributed by atoms with Crippen molar-refractivity contribution in [1.29, 1.82) is 0 Å². The van der Waals surface area contributed by atoms with Gasteiger partial charge in [0.2, 0.25) is 6.41 Å². The van der Waals surface area contributed by atoms with Crippen molar-refractivity contribution in [3.8, 4) is 0 Å². The molecule has 27 heavy (non-hydrogen) atoms. The summed E-state index contributed by atoms with van der Waals surface area (Å²) in [7, 11) is 3.90. The van der Waals surface area contributed by atoms with Gasteiger partial charge in [-0.3, -0.25) is 14.4 Å². The lowest BCUT2D eigenvalue weighted by Crippen LogP contribution is -2.37. The number of hydrogen-bond acceptors (Lipinski definition) is 7. The smallest absolute Gasteiger partial charge is 0.344 e. The third-order valence-electron chi connectivity index (χ3n) is 3.33. The lowest BCUT2D eigenvalue weighted by molar-refractivity contribution is -0.139. The Balaban J connectivity index is 2.82. The van der Waals surface area contributed by atoms with Crippen LogP contribution in [0.3, 0.4) is 0 Å². The van der Waals surface area contributed by atoms with Crippen LogP contribution in [0.1, 0.15) is 10.4 Å². The molecule has 10 heteroatoms. The minimum absolute atomic E-state index is 0.0146. The highest BCUT2D eigenvalue weighted by Gasteiger charge is 2.20. The molecule has 0 atom stereocenters. The van der Waals surface area contributed by atoms with Gasteiger partial charge in [0, 0.05) is 31.7 Å². The molecule has 1 rings (SSSR count). The first kappa shape index (κ1) is 21.8. The van der Waals surface area contributed by atoms with E-state index in [9.17, 15) is 19.2 Å². The number of hydrogen-bond donors (Lipinski definition) is 3. The molecule has 0 aliphatic rings. The predicted molar refractivity (Wildman–Crippen MR) is 94.5 cm³/mol. The molecule has 0 spiro atoms. The first-order valence-electron chi connectivity index (χ1n) is 7.70. The van der Waals surface area contributed by atoms with Crippen molar-refractivity contribution in [3.63, 3.8) is 0 Å². The number of carbonyl (C=O) groups excluding carboxylic acids is 4. The Morgan fingerprint density at radius 1 is 1.07 bits per heavy atom. The highest BCUT2D eigenvalue weighted by Crippen LogP contribution is 2.08. The Labute approximate surface area is 155 Å². The van der Waals surface area contributed by atoms with Crippen molar-refractivity contribution in [2.24, 2.45) is 0 Å². The van der Waals surface area contributed by atoms with Gasteiger partial charge in [-0.05, 0) is 24.3 Å². The van der Waals surface area contributed by atoms with Gasteiger partial charge in [-0.25, -0.2) is 4.79 Å². The number of esters is 1. The molecule has 0 saturated carbocycles. The molecule has 1 aromatic carbocycles. The molecule has 0 bridgehead atoms. The second-order valence-corrected chi connectivity index (χ2v) is 4.97. The first-order valence-corrected chi connectivity index (χ1v) is 7.70. The number of carbonyl (C=O) groups is 4. The van der Waals surface area contributed by atoms with E-state index in [4.69, 9.17) is 9.47 Å². The number of methoxy groups -OCH3 is 3. The van der Waals surface area contributed by atoms with Crippen LogP contribution in [0.4, 0.5) is 5.69 Å². The summed E-state index contributed by atoms with van der Waals surface area (Å²) in [6, 6.07) is 5.98. The summed E-state index contributed by atoms with van der Waals surface area (Å²) in [5.41, 5.74) is 0.361. The van der Waals surface area contributed by atoms with Gasteiger partial charge in [0.15, 0.2) is 6.29 Å². The van der Waals surface area contributed by atoms with Gasteiger partial charge in [-0.15, -0.1) is 0 Å². The fourth-order valence-corrected chi connectivity index (χ4v) is 1.87. The largest absolute Gasteiger partial charge is 0.465 e. The van der Waals surface area contributed by atoms with Gasteiger partial charge in [-0.2, -0.15) is 0 Å². The summed E-state index contributed by atoms with van der Waals surface area (Å²) in [6.07, 6.45) is 0.771. The van der Waals surface area contributed by atoms with Crippen LogP contribution in [0.25, 0.3) is 0 Å². The van der Waals surface area contributed by atoms with Gasteiger partial charge in [0.05, 0.1) is 13.7 Å². The molecular formula is C17H21N3O7. The maximum atomic E-state index is 12.2. The van der Waals surface area contributed by atoms with Crippen molar-refractivity contribution in [1.82, 2.24) is 10.6 Å². The van der Waals surface area contributed by atoms with Crippen LogP contribution < -0.4 is 16.0 Å². The van der Waals surface area contributed by atoms with Crippen molar-refractivity contribution in [2.75, 3.05) is 33.2 Å². The standard InChI is InChI=1S/C17H21N3O7/c1-25-14(26-2)9-19-16(23)13(17(24)27-3)8-18-15(22)11-4-6-12(7-5-11)20-10-21/h4-8,10,14H,9H2,1-3H3,(H,18,22)(H,19,23)(H,20,21)/b13-8+. The van der Waals surface area contributed by atoms with Gasteiger partial charge in [0.25, 0.3) is 11.8 Å². The van der Waals surface area contributed by atoms with Crippen LogP contribution in [0.15, 0.2) is 36.0 Å². The molecule has 3 amide bonds. The quantitative estimate of drug-likeness (QED) is 0.128. The van der Waals surface area contributed by atoms with Crippen LogP contribution in [-0.2, 0) is 28.6 Å². The number of amides is 3. The molecule has 0 saturated heterocycles. The third kappa shape index (κ3) is 6.88. The average molecular weight is 379 g/mol. The fraction of sp³-hybridized carbons (Fsp3) is 0.294. The molecule has 0 aromatic heterocycles. The SMILES string of the molecule is COC(=O)/C(=C/NC(=O)c1ccc(NC=O)cc1)C(=O)NCC(OC)OC. The van der Waals surface area contributed by atoms with E-state index in [1.54, 1.807) is 0 Å². The van der Waals surface area contributed by atoms with Crippen molar-refractivity contribution in [2.45, 2.75) is 6.29 Å². The van der Waals surface area contributed by atoms with Gasteiger partial charge < -0.3 is 30.2 Å². The number of benzene rings is 1. The Bertz CT molecular complexity index is 697. The number of nitrogens with one attached hydrogen (secondary N) is 3. The van der Waals surface area contributed by atoms with E-state index in [2.05, 4.69) is 20.7 Å². The van der Waals surface area contributed by atoms with Crippen LogP contribution in [0, 0.1) is 0 Å². The maximum absolute atomic E-state index is 12.2. The average Bonchev–Trinajstić information content (AvgIpc) is 2.69. The molecule has 0 aliphatic carbocycles. The Morgan fingerprint density at radius 3 is 2.22 bits per heavy atom. The van der Waals surface area contributed by atoms with E-state index >= 15 is 0 Å². The zero-order chi connectivity index (χ0) is 20.2. The maximum Gasteiger partial charge on any atom is 0.344 e. The van der Waals surface area contributed by atoms with Crippen molar-refractivity contribution >= 4 is 29.9 Å². The van der Waals surface area contributed by atoms with E-state index in [1.165, 1.54) is 38.5 Å². The van der Waals surface area contributed by atoms with E-state index < -0.39 is 29.6 Å². The number of ether oxygens (including phenoxy) is 3. The minimum Gasteiger partial charge on any atom is -0.465 e. The summed E-state index contributed by atoms with van der Waals surface area (Å²) in [5, 5.41) is 7.22. The van der Waals surface area contributed by atoms with Crippen LogP contribution in [-0.4, -0.2) is 58.4 Å². The molecule has 0 aliphatic heterocycles. The van der Waals surface area contributed by atoms with E-state index in [1.807, 2.05) is 0 Å². The Morgan fingerprint density at radius 2 is 1.70 bits per heavy atom. The van der Waals surface area contributed by atoms with Crippen LogP contribution in [0.5, 0.6) is 0 Å². The molecule has 0 unspecified atom stereocenters. The zero-order valence-corrected chi connectivity index (χ0v) is 15.1. The molecule has 10 nitrogen and oxygen atoms in total. The molecule has 0 fully saturated rings. The highest BCUT2D eigenvalue weighted by molar-refractivity contribution is 6.16. The summed E-state index contributed by atoms with van der Waals surface area (Å²) in [4.78, 5) is 46.5. The van der Waals surface area contributed by atoms with Gasteiger partial charge in [0.1, 0.15) is 5.57 Å². The fourth-order valence-electron chi connectivity index (χ4n) is 1.87. The zero-order valence-electron chi connectivity index (χ0n) is 15.1. The number of rotatable bonds is 10. The molecule has 3 N–H and O–H groups in total. The summed E-state index contributed by atoms with van der Waals surface area (Å²) in [6.45, 7) is -0.0146. The molecule has 146 valence electrons. The second-order valence-electron chi connectivity index (χ2n) is 4.97. The predicted octanol–water partition coefficient (Wildman–Crippen LogP) is -0.223.